The van der Waals surface area contributed by atoms with E-state index < -0.39 is 0 Å². The predicted molar refractivity (Wildman–Crippen MR) is 342 cm³/mol. The minimum Gasteiger partial charge on any atom is -0.309 e. The molecule has 0 unspecified atom stereocenters. The van der Waals surface area contributed by atoms with Gasteiger partial charge in [-0.2, -0.15) is 0 Å². The Bertz CT molecular complexity index is 4580. The van der Waals surface area contributed by atoms with E-state index in [2.05, 4.69) is 254 Å². The molecule has 0 radical (unpaired) electrons. The van der Waals surface area contributed by atoms with Crippen LogP contribution in [0.4, 0.5) is 0 Å². The van der Waals surface area contributed by atoms with E-state index in [4.69, 9.17) is 0 Å². The van der Waals surface area contributed by atoms with Gasteiger partial charge < -0.3 is 13.7 Å². The molecule has 15 rings (SSSR count). The van der Waals surface area contributed by atoms with Gasteiger partial charge in [0.05, 0.1) is 33.6 Å². The molecule has 6 heteroatoms. The van der Waals surface area contributed by atoms with E-state index >= 15 is 0 Å². The van der Waals surface area contributed by atoms with Crippen molar-refractivity contribution >= 4 is 123 Å². The zero-order valence-corrected chi connectivity index (χ0v) is 50.2. The first-order valence-corrected chi connectivity index (χ1v) is 29.7. The summed E-state index contributed by atoms with van der Waals surface area (Å²) >= 11 is 2.03. The third kappa shape index (κ3) is 6.33. The molecule has 0 aliphatic carbocycles. The van der Waals surface area contributed by atoms with Gasteiger partial charge in [0.15, 0.2) is 0 Å². The first kappa shape index (κ1) is 48.7. The van der Waals surface area contributed by atoms with E-state index in [0.29, 0.717) is 0 Å². The minimum absolute atomic E-state index is 0.0000895. The molecule has 0 amide bonds. The molecule has 388 valence electrons. The van der Waals surface area contributed by atoms with Crippen molar-refractivity contribution in [3.05, 3.63) is 149 Å². The monoisotopic (exact) mass is 1030 g/mol. The molecule has 78 heavy (non-hydrogen) atoms. The summed E-state index contributed by atoms with van der Waals surface area (Å²) in [5.41, 5.74) is 28.5. The molecular weight excluding hydrogens is 961 g/mol. The second kappa shape index (κ2) is 14.9. The molecule has 4 aliphatic rings. The summed E-state index contributed by atoms with van der Waals surface area (Å²) in [5, 5.41) is 8.12. The lowest BCUT2D eigenvalue weighted by molar-refractivity contribution is 0.590. The van der Waals surface area contributed by atoms with Crippen LogP contribution in [0.5, 0.6) is 0 Å². The van der Waals surface area contributed by atoms with Crippen molar-refractivity contribution in [1.29, 1.82) is 0 Å². The third-order valence-electron chi connectivity index (χ3n) is 18.9. The summed E-state index contributed by atoms with van der Waals surface area (Å²) in [6.45, 7) is 43.0. The van der Waals surface area contributed by atoms with Crippen molar-refractivity contribution < 1.29 is 0 Å². The Hall–Kier alpha value is -6.36. The highest BCUT2D eigenvalue weighted by Crippen LogP contribution is 2.50. The third-order valence-corrected chi connectivity index (χ3v) is 20.1. The Balaban J connectivity index is 1.25. The van der Waals surface area contributed by atoms with Gasteiger partial charge in [-0.1, -0.05) is 196 Å². The molecule has 0 atom stereocenters. The first-order valence-electron chi connectivity index (χ1n) is 28.9. The van der Waals surface area contributed by atoms with E-state index in [9.17, 15) is 0 Å². The Labute approximate surface area is 467 Å². The highest BCUT2D eigenvalue weighted by atomic mass is 32.2. The smallest absolute Gasteiger partial charge is 0.252 e. The number of nitrogens with zero attached hydrogens (tertiary/aromatic N) is 3. The van der Waals surface area contributed by atoms with Crippen molar-refractivity contribution in [2.75, 3.05) is 0 Å². The van der Waals surface area contributed by atoms with Crippen LogP contribution < -0.4 is 32.8 Å². The summed E-state index contributed by atoms with van der Waals surface area (Å²) < 4.78 is 8.40. The zero-order chi connectivity index (χ0) is 54.8. The van der Waals surface area contributed by atoms with Gasteiger partial charge in [-0.15, -0.1) is 0 Å². The largest absolute Gasteiger partial charge is 0.309 e. The normalized spacial score (nSPS) is 14.9. The van der Waals surface area contributed by atoms with Gasteiger partial charge in [-0.3, -0.25) is 0 Å². The van der Waals surface area contributed by atoms with Crippen LogP contribution in [-0.2, 0) is 32.5 Å². The quantitative estimate of drug-likeness (QED) is 0.138. The molecule has 0 saturated heterocycles. The van der Waals surface area contributed by atoms with Gasteiger partial charge in [0.25, 0.3) is 6.71 Å². The van der Waals surface area contributed by atoms with Crippen molar-refractivity contribution in [2.45, 2.75) is 167 Å². The van der Waals surface area contributed by atoms with Gasteiger partial charge >= 0.3 is 0 Å². The van der Waals surface area contributed by atoms with Crippen LogP contribution in [0.25, 0.3) is 82.5 Å². The lowest BCUT2D eigenvalue weighted by atomic mass is 9.31. The van der Waals surface area contributed by atoms with Gasteiger partial charge in [-0.05, 0) is 154 Å². The second-order valence-electron chi connectivity index (χ2n) is 30.3. The maximum Gasteiger partial charge on any atom is 0.252 e. The van der Waals surface area contributed by atoms with Crippen LogP contribution >= 0.6 is 11.8 Å². The molecule has 0 bridgehead atoms. The van der Waals surface area contributed by atoms with E-state index in [0.717, 1.165) is 0 Å². The zero-order valence-electron chi connectivity index (χ0n) is 49.4. The first-order chi connectivity index (χ1) is 36.5. The highest BCUT2D eigenvalue weighted by Gasteiger charge is 2.50. The molecule has 8 aromatic carbocycles. The lowest BCUT2D eigenvalue weighted by Gasteiger charge is -2.42. The van der Waals surface area contributed by atoms with Crippen molar-refractivity contribution in [2.24, 2.45) is 0 Å². The van der Waals surface area contributed by atoms with Gasteiger partial charge in [0.2, 0.25) is 6.71 Å². The number of fused-ring (bicyclic) bond motifs is 19. The van der Waals surface area contributed by atoms with Gasteiger partial charge in [-0.25, -0.2) is 0 Å². The fourth-order valence-corrected chi connectivity index (χ4v) is 15.8. The lowest BCUT2D eigenvalue weighted by Crippen LogP contribution is -2.64. The van der Waals surface area contributed by atoms with E-state index in [1.165, 1.54) is 158 Å². The van der Waals surface area contributed by atoms with Gasteiger partial charge in [0.1, 0.15) is 0 Å². The highest BCUT2D eigenvalue weighted by molar-refractivity contribution is 8.00. The number of rotatable bonds is 0. The maximum atomic E-state index is 2.81. The van der Waals surface area contributed by atoms with Crippen LogP contribution in [0.3, 0.4) is 0 Å². The topological polar surface area (TPSA) is 14.8 Å². The summed E-state index contributed by atoms with van der Waals surface area (Å²) in [6, 6.07) is 47.6. The summed E-state index contributed by atoms with van der Waals surface area (Å²) in [4.78, 5) is 2.75. The van der Waals surface area contributed by atoms with Crippen LogP contribution in [0, 0.1) is 0 Å². The molecular formula is C72H73B2N3S. The SMILES string of the molecule is CC(C)(C)c1ccc2c(c1)c1cc(C(C)(C)C)cc3c1n2-c1c2c4c(c5c1B3c1cc(C(C)(C)C)cc3c6cc(C(C)(C)C)ccc6n-5c13)-n1c3ccc(C(C)(C)C)cc3c3cc(C(C)(C)C)cc(c31)B4c1ccccc1S2. The molecule has 4 aliphatic heterocycles. The molecule has 0 spiro atoms. The Morgan fingerprint density at radius 1 is 0.308 bits per heavy atom. The predicted octanol–water partition coefficient (Wildman–Crippen LogP) is 15.2. The van der Waals surface area contributed by atoms with Crippen molar-refractivity contribution in [3.8, 4) is 17.1 Å². The molecule has 0 fully saturated rings. The van der Waals surface area contributed by atoms with Gasteiger partial charge in [0, 0.05) is 58.7 Å². The average Bonchev–Trinajstić information content (AvgIpc) is 4.11. The van der Waals surface area contributed by atoms with Crippen LogP contribution in [0.2, 0.25) is 0 Å². The molecule has 3 aromatic heterocycles. The van der Waals surface area contributed by atoms with E-state index in [-0.39, 0.29) is 45.9 Å². The number of hydrogen-bond donors (Lipinski definition) is 0. The second-order valence-corrected chi connectivity index (χ2v) is 31.3. The Kier molecular flexibility index (Phi) is 9.31. The summed E-state index contributed by atoms with van der Waals surface area (Å²) in [5.74, 6) is 0. The molecule has 3 nitrogen and oxygen atoms in total. The fourth-order valence-electron chi connectivity index (χ4n) is 14.5. The van der Waals surface area contributed by atoms with Crippen molar-refractivity contribution in [1.82, 2.24) is 13.7 Å². The molecule has 0 N–H and O–H groups in total. The number of benzene rings is 8. The van der Waals surface area contributed by atoms with Crippen LogP contribution in [-0.4, -0.2) is 27.1 Å². The number of aromatic nitrogens is 3. The minimum atomic E-state index is -0.0921. The molecule has 11 aromatic rings. The summed E-state index contributed by atoms with van der Waals surface area (Å²) in [7, 11) is 0. The van der Waals surface area contributed by atoms with E-state index in [1.807, 2.05) is 11.8 Å². The molecule has 7 heterocycles. The van der Waals surface area contributed by atoms with E-state index in [1.54, 1.807) is 0 Å². The number of hydrogen-bond acceptors (Lipinski definition) is 1. The maximum absolute atomic E-state index is 2.81. The summed E-state index contributed by atoms with van der Waals surface area (Å²) in [6.07, 6.45) is 0. The van der Waals surface area contributed by atoms with Crippen LogP contribution in [0.15, 0.2) is 125 Å². The average molecular weight is 1030 g/mol. The molecule has 0 saturated carbocycles. The Morgan fingerprint density at radius 2 is 0.628 bits per heavy atom. The fraction of sp³-hybridized carbons (Fsp3) is 0.333. The van der Waals surface area contributed by atoms with Crippen LogP contribution in [0.1, 0.15) is 158 Å². The Morgan fingerprint density at radius 3 is 1.00 bits per heavy atom. The standard InChI is InChI=1S/C72H73B2N3S/c1-67(2,3)38-23-26-54-44(29-38)48-33-42(71(13,14)15)36-52-61(48)75(54)63-58-65(77-56-28-25-40(69(7,8)9)31-46(56)49-34-43(72(16,17)18)37-53(62(49)77)74(52)58)66-59-64(63)76-55-27-24-39(68(4,5)6)30-45(55)47-32-41(70(10,11)12)35-51(60(47)76)73(59)50-21-19-20-22-57(50)78-66/h19-37H,1-18H3. The van der Waals surface area contributed by atoms with Crippen molar-refractivity contribution in [3.63, 3.8) is 0 Å².